The van der Waals surface area contributed by atoms with E-state index in [4.69, 9.17) is 28.7 Å². The minimum Gasteiger partial charge on any atom is -0.493 e. The lowest BCUT2D eigenvalue weighted by molar-refractivity contribution is -0.153. The molecule has 1 aromatic heterocycles. The van der Waals surface area contributed by atoms with Gasteiger partial charge in [-0.3, -0.25) is 14.5 Å². The molecule has 2 heterocycles. The molecule has 1 aliphatic rings. The highest BCUT2D eigenvalue weighted by molar-refractivity contribution is 6.08. The van der Waals surface area contributed by atoms with E-state index in [1.165, 1.54) is 26.2 Å². The van der Waals surface area contributed by atoms with Gasteiger partial charge in [-0.25, -0.2) is 4.98 Å². The predicted molar refractivity (Wildman–Crippen MR) is 128 cm³/mol. The number of imidazole rings is 1. The molecule has 2 atom stereocenters. The minimum absolute atomic E-state index is 0.139. The number of para-hydroxylation sites is 2. The van der Waals surface area contributed by atoms with Gasteiger partial charge in [-0.05, 0) is 36.8 Å². The summed E-state index contributed by atoms with van der Waals surface area (Å²) in [5.41, 5.74) is 2.08. The number of ether oxygens (including phenoxy) is 5. The molecule has 4 rings (SSSR count). The van der Waals surface area contributed by atoms with Gasteiger partial charge in [0.2, 0.25) is 17.6 Å². The van der Waals surface area contributed by atoms with Crippen molar-refractivity contribution in [3.05, 3.63) is 42.0 Å². The largest absolute Gasteiger partial charge is 0.493 e. The van der Waals surface area contributed by atoms with Crippen LogP contribution in [-0.4, -0.2) is 69.6 Å². The molecule has 0 aliphatic carbocycles. The van der Waals surface area contributed by atoms with E-state index in [-0.39, 0.29) is 19.8 Å². The van der Waals surface area contributed by atoms with Gasteiger partial charge in [-0.15, -0.1) is 0 Å². The Bertz CT molecular complexity index is 1210. The van der Waals surface area contributed by atoms with Gasteiger partial charge in [0.05, 0.1) is 58.2 Å². The summed E-state index contributed by atoms with van der Waals surface area (Å²) in [5, 5.41) is 0. The number of esters is 1. The monoisotopic (exact) mass is 483 g/mol. The first-order valence-corrected chi connectivity index (χ1v) is 11.2. The number of rotatable bonds is 9. The van der Waals surface area contributed by atoms with Crippen molar-refractivity contribution in [3.8, 4) is 17.2 Å². The molecule has 35 heavy (non-hydrogen) atoms. The lowest BCUT2D eigenvalue weighted by Crippen LogP contribution is -2.51. The van der Waals surface area contributed by atoms with E-state index >= 15 is 0 Å². The van der Waals surface area contributed by atoms with E-state index in [1.54, 1.807) is 26.2 Å². The third kappa shape index (κ3) is 4.14. The Hall–Kier alpha value is -3.79. The molecule has 0 saturated heterocycles. The molecule has 10 heteroatoms. The third-order valence-electron chi connectivity index (χ3n) is 6.03. The SMILES string of the molecule is CCOC(=O)[C@H]1C(=O)N(CCOC)c2nc3ccccc3n2[C@H]1c1cc(OC)c(OC)c(OC)c1. The maximum Gasteiger partial charge on any atom is 0.321 e. The molecule has 186 valence electrons. The number of methoxy groups -OCH3 is 4. The lowest BCUT2D eigenvalue weighted by atomic mass is 9.89. The zero-order chi connectivity index (χ0) is 25.1. The Kier molecular flexibility index (Phi) is 7.11. The van der Waals surface area contributed by atoms with Crippen molar-refractivity contribution in [2.24, 2.45) is 5.92 Å². The van der Waals surface area contributed by atoms with Crippen LogP contribution in [0.5, 0.6) is 17.2 Å². The molecule has 2 aromatic carbocycles. The molecule has 1 aliphatic heterocycles. The molecule has 0 N–H and O–H groups in total. The highest BCUT2D eigenvalue weighted by Gasteiger charge is 2.48. The van der Waals surface area contributed by atoms with Crippen LogP contribution in [0.1, 0.15) is 18.5 Å². The Morgan fingerprint density at radius 1 is 1.03 bits per heavy atom. The van der Waals surface area contributed by atoms with E-state index in [0.717, 1.165) is 5.52 Å². The van der Waals surface area contributed by atoms with Gasteiger partial charge in [0.1, 0.15) is 0 Å². The molecule has 10 nitrogen and oxygen atoms in total. The van der Waals surface area contributed by atoms with Crippen LogP contribution in [0.4, 0.5) is 5.95 Å². The van der Waals surface area contributed by atoms with Crippen LogP contribution >= 0.6 is 0 Å². The van der Waals surface area contributed by atoms with Gasteiger partial charge in [0, 0.05) is 7.11 Å². The van der Waals surface area contributed by atoms with Crippen LogP contribution in [0.15, 0.2) is 36.4 Å². The van der Waals surface area contributed by atoms with E-state index < -0.39 is 23.8 Å². The number of amides is 1. The Balaban J connectivity index is 2.03. The predicted octanol–water partition coefficient (Wildman–Crippen LogP) is 2.82. The van der Waals surface area contributed by atoms with Crippen molar-refractivity contribution in [3.63, 3.8) is 0 Å². The van der Waals surface area contributed by atoms with Crippen molar-refractivity contribution < 1.29 is 33.3 Å². The summed E-state index contributed by atoms with van der Waals surface area (Å²) in [6.07, 6.45) is 0. The Labute approximate surface area is 203 Å². The molecule has 1 amide bonds. The summed E-state index contributed by atoms with van der Waals surface area (Å²) in [5.74, 6) is -0.559. The highest BCUT2D eigenvalue weighted by Crippen LogP contribution is 2.46. The van der Waals surface area contributed by atoms with Crippen molar-refractivity contribution >= 4 is 28.9 Å². The summed E-state index contributed by atoms with van der Waals surface area (Å²) in [4.78, 5) is 33.4. The third-order valence-corrected chi connectivity index (χ3v) is 6.03. The number of aromatic nitrogens is 2. The normalized spacial score (nSPS) is 17.3. The van der Waals surface area contributed by atoms with Crippen LogP contribution in [0.25, 0.3) is 11.0 Å². The van der Waals surface area contributed by atoms with Crippen LogP contribution in [0.3, 0.4) is 0 Å². The molecular formula is C25H29N3O7. The smallest absolute Gasteiger partial charge is 0.321 e. The fraction of sp³-hybridized carbons (Fsp3) is 0.400. The summed E-state index contributed by atoms with van der Waals surface area (Å²) >= 11 is 0. The average Bonchev–Trinajstić information content (AvgIpc) is 3.25. The Morgan fingerprint density at radius 2 is 1.71 bits per heavy atom. The van der Waals surface area contributed by atoms with E-state index in [1.807, 2.05) is 28.8 Å². The molecule has 0 unspecified atom stereocenters. The first kappa shape index (κ1) is 24.3. The number of benzene rings is 2. The van der Waals surface area contributed by atoms with Gasteiger partial charge < -0.3 is 28.3 Å². The van der Waals surface area contributed by atoms with Crippen LogP contribution < -0.4 is 19.1 Å². The number of fused-ring (bicyclic) bond motifs is 3. The van der Waals surface area contributed by atoms with Gasteiger partial charge in [0.15, 0.2) is 17.4 Å². The summed E-state index contributed by atoms with van der Waals surface area (Å²) < 4.78 is 29.1. The fourth-order valence-corrected chi connectivity index (χ4v) is 4.52. The first-order valence-electron chi connectivity index (χ1n) is 11.2. The summed E-state index contributed by atoms with van der Waals surface area (Å²) in [6, 6.07) is 10.3. The first-order chi connectivity index (χ1) is 17.0. The van der Waals surface area contributed by atoms with Crippen molar-refractivity contribution in [1.29, 1.82) is 0 Å². The molecule has 0 saturated carbocycles. The van der Waals surface area contributed by atoms with Crippen LogP contribution in [0.2, 0.25) is 0 Å². The van der Waals surface area contributed by atoms with Crippen LogP contribution in [-0.2, 0) is 19.1 Å². The van der Waals surface area contributed by atoms with Gasteiger partial charge in [-0.1, -0.05) is 12.1 Å². The number of carbonyl (C=O) groups is 2. The van der Waals surface area contributed by atoms with Gasteiger partial charge in [-0.2, -0.15) is 0 Å². The number of hydrogen-bond donors (Lipinski definition) is 0. The molecule has 0 radical (unpaired) electrons. The molecule has 0 spiro atoms. The van der Waals surface area contributed by atoms with Crippen molar-refractivity contribution in [1.82, 2.24) is 9.55 Å². The highest BCUT2D eigenvalue weighted by atomic mass is 16.5. The quantitative estimate of drug-likeness (QED) is 0.338. The molecule has 3 aromatic rings. The summed E-state index contributed by atoms with van der Waals surface area (Å²) in [7, 11) is 6.10. The maximum atomic E-state index is 13.8. The topological polar surface area (TPSA) is 101 Å². The van der Waals surface area contributed by atoms with Crippen molar-refractivity contribution in [2.45, 2.75) is 13.0 Å². The second kappa shape index (κ2) is 10.2. The average molecular weight is 484 g/mol. The van der Waals surface area contributed by atoms with Crippen molar-refractivity contribution in [2.75, 3.05) is 53.1 Å². The maximum absolute atomic E-state index is 13.8. The zero-order valence-electron chi connectivity index (χ0n) is 20.4. The zero-order valence-corrected chi connectivity index (χ0v) is 20.4. The number of carbonyl (C=O) groups excluding carboxylic acids is 2. The number of anilines is 1. The minimum atomic E-state index is -1.17. The Morgan fingerprint density at radius 3 is 2.31 bits per heavy atom. The lowest BCUT2D eigenvalue weighted by Gasteiger charge is -2.38. The second-order valence-corrected chi connectivity index (χ2v) is 7.89. The van der Waals surface area contributed by atoms with E-state index in [0.29, 0.717) is 34.3 Å². The fourth-order valence-electron chi connectivity index (χ4n) is 4.52. The number of nitrogens with zero attached hydrogens (tertiary/aromatic N) is 3. The molecular weight excluding hydrogens is 454 g/mol. The second-order valence-electron chi connectivity index (χ2n) is 7.89. The summed E-state index contributed by atoms with van der Waals surface area (Å²) in [6.45, 7) is 2.36. The molecule has 0 fully saturated rings. The standard InChI is InChI=1S/C25H29N3O7/c1-6-35-24(30)20-21(15-13-18(32-3)22(34-5)19(14-15)33-4)28-17-10-8-7-9-16(17)26-25(28)27(23(20)29)11-12-31-2/h7-10,13-14,20-21H,6,11-12H2,1-5H3/t20-,21+/m1/s1. The van der Waals surface area contributed by atoms with Gasteiger partial charge >= 0.3 is 5.97 Å². The number of hydrogen-bond acceptors (Lipinski definition) is 8. The van der Waals surface area contributed by atoms with Crippen LogP contribution in [0, 0.1) is 5.92 Å². The van der Waals surface area contributed by atoms with E-state index in [9.17, 15) is 9.59 Å². The van der Waals surface area contributed by atoms with E-state index in [2.05, 4.69) is 0 Å². The molecule has 0 bridgehead atoms. The van der Waals surface area contributed by atoms with Gasteiger partial charge in [0.25, 0.3) is 0 Å².